The summed E-state index contributed by atoms with van der Waals surface area (Å²) in [4.78, 5) is 33.0. The van der Waals surface area contributed by atoms with Crippen LogP contribution in [-0.4, -0.2) is 55.3 Å². The predicted molar refractivity (Wildman–Crippen MR) is 170 cm³/mol. The normalized spacial score (nSPS) is 11.6. The summed E-state index contributed by atoms with van der Waals surface area (Å²) in [5.41, 5.74) is 2.67. The number of H-pyrrole nitrogens is 1. The first-order chi connectivity index (χ1) is 20.6. The molecule has 0 unspecified atom stereocenters. The van der Waals surface area contributed by atoms with Crippen molar-refractivity contribution in [3.63, 3.8) is 0 Å². The maximum absolute atomic E-state index is 13.7. The number of carbonyl (C=O) groups is 1. The summed E-state index contributed by atoms with van der Waals surface area (Å²) in [5.74, 6) is 0.312. The molecule has 3 N–H and O–H groups in total. The Kier molecular flexibility index (Phi) is 8.95. The van der Waals surface area contributed by atoms with Gasteiger partial charge in [-0.1, -0.05) is 23.7 Å². The molecule has 0 bridgehead atoms. The van der Waals surface area contributed by atoms with Crippen LogP contribution < -0.4 is 20.8 Å². The molecule has 0 atom stereocenters. The van der Waals surface area contributed by atoms with Gasteiger partial charge in [-0.15, -0.1) is 0 Å². The summed E-state index contributed by atoms with van der Waals surface area (Å²) >= 11 is 6.22. The number of halogens is 1. The number of ether oxygens (including phenoxy) is 1. The van der Waals surface area contributed by atoms with Gasteiger partial charge in [0.2, 0.25) is 15.9 Å². The maximum atomic E-state index is 13.7. The molecule has 0 aliphatic carbocycles. The molecule has 0 radical (unpaired) electrons. The number of nitrogens with zero attached hydrogens (tertiary/aromatic N) is 2. The van der Waals surface area contributed by atoms with E-state index in [2.05, 4.69) is 20.6 Å². The molecule has 1 amide bonds. The van der Waals surface area contributed by atoms with E-state index in [0.29, 0.717) is 21.7 Å². The molecule has 5 rings (SSSR count). The fraction of sp³-hybridized carbons (Fsp3) is 0.194. The molecule has 2 heterocycles. The maximum Gasteiger partial charge on any atom is 0.243 e. The third kappa shape index (κ3) is 6.96. The van der Waals surface area contributed by atoms with Gasteiger partial charge in [0.25, 0.3) is 0 Å². The Balaban J connectivity index is 1.34. The van der Waals surface area contributed by atoms with E-state index in [1.54, 1.807) is 48.5 Å². The van der Waals surface area contributed by atoms with Gasteiger partial charge in [-0.2, -0.15) is 4.31 Å². The Morgan fingerprint density at radius 2 is 1.77 bits per heavy atom. The van der Waals surface area contributed by atoms with Gasteiger partial charge in [0, 0.05) is 59.3 Å². The fourth-order valence-electron chi connectivity index (χ4n) is 4.74. The number of aromatic amines is 1. The van der Waals surface area contributed by atoms with Crippen molar-refractivity contribution in [2.45, 2.75) is 18.2 Å². The number of anilines is 2. The number of aromatic nitrogens is 2. The highest BCUT2D eigenvalue weighted by Crippen LogP contribution is 2.26. The summed E-state index contributed by atoms with van der Waals surface area (Å²) in [5, 5.41) is 7.87. The zero-order valence-electron chi connectivity index (χ0n) is 23.6. The van der Waals surface area contributed by atoms with E-state index in [1.807, 2.05) is 19.1 Å². The highest BCUT2D eigenvalue weighted by molar-refractivity contribution is 7.89. The van der Waals surface area contributed by atoms with E-state index in [4.69, 9.17) is 16.3 Å². The number of methoxy groups -OCH3 is 1. The topological polar surface area (TPSA) is 133 Å². The number of nitrogens with one attached hydrogen (secondary N) is 3. The number of amides is 1. The summed E-state index contributed by atoms with van der Waals surface area (Å²) < 4.78 is 33.8. The molecule has 3 aromatic carbocycles. The van der Waals surface area contributed by atoms with Crippen LogP contribution >= 0.6 is 11.6 Å². The van der Waals surface area contributed by atoms with Crippen molar-refractivity contribution in [2.75, 3.05) is 37.4 Å². The van der Waals surface area contributed by atoms with Crippen molar-refractivity contribution in [1.82, 2.24) is 14.3 Å². The molecule has 0 spiro atoms. The van der Waals surface area contributed by atoms with Crippen molar-refractivity contribution in [2.24, 2.45) is 0 Å². The van der Waals surface area contributed by atoms with E-state index in [0.717, 1.165) is 22.3 Å². The molecule has 0 aliphatic heterocycles. The lowest BCUT2D eigenvalue weighted by atomic mass is 10.1. The Morgan fingerprint density at radius 1 is 1.00 bits per heavy atom. The number of fused-ring (bicyclic) bond motifs is 2. The van der Waals surface area contributed by atoms with E-state index in [-0.39, 0.29) is 42.2 Å². The highest BCUT2D eigenvalue weighted by atomic mass is 35.5. The standard InChI is InChI=1S/C31H30ClN5O5S/c1-20-17-28(25-18-21(32)7-12-27(25)34-20)33-14-16-37(43(40,41)23-10-8-22(42-2)9-11-23)15-13-31(39)36-30-19-29(38)24-5-3-4-6-26(24)35-30/h3-12,17-19H,13-16H2,1-2H3,(H,33,34)(H2,35,36,38,39). The van der Waals surface area contributed by atoms with Crippen LogP contribution in [0.5, 0.6) is 5.75 Å². The molecule has 2 aromatic heterocycles. The van der Waals surface area contributed by atoms with Gasteiger partial charge in [0.1, 0.15) is 11.6 Å². The van der Waals surface area contributed by atoms with Gasteiger partial charge in [0.05, 0.1) is 23.0 Å². The largest absolute Gasteiger partial charge is 0.497 e. The van der Waals surface area contributed by atoms with Crippen LogP contribution in [0.2, 0.25) is 5.02 Å². The molecular formula is C31H30ClN5O5S. The van der Waals surface area contributed by atoms with Gasteiger partial charge in [-0.25, -0.2) is 8.42 Å². The number of sulfonamides is 1. The Hall–Kier alpha value is -4.45. The summed E-state index contributed by atoms with van der Waals surface area (Å²) in [6, 6.07) is 21.6. The van der Waals surface area contributed by atoms with Crippen LogP contribution in [0.3, 0.4) is 0 Å². The van der Waals surface area contributed by atoms with Gasteiger partial charge >= 0.3 is 0 Å². The first-order valence-corrected chi connectivity index (χ1v) is 15.3. The number of hydrogen-bond acceptors (Lipinski definition) is 7. The van der Waals surface area contributed by atoms with Crippen LogP contribution in [-0.2, 0) is 14.8 Å². The van der Waals surface area contributed by atoms with Crippen LogP contribution in [0.25, 0.3) is 21.8 Å². The number of carbonyl (C=O) groups excluding carboxylic acids is 1. The van der Waals surface area contributed by atoms with Gasteiger partial charge < -0.3 is 20.4 Å². The van der Waals surface area contributed by atoms with E-state index in [1.165, 1.54) is 29.6 Å². The SMILES string of the molecule is COc1ccc(S(=O)(=O)N(CCNc2cc(C)nc3ccc(Cl)cc23)CCC(=O)Nc2cc(=O)c3ccccc3[nH]2)cc1. The molecular weight excluding hydrogens is 590 g/mol. The number of rotatable bonds is 11. The number of benzene rings is 3. The van der Waals surface area contributed by atoms with Crippen LogP contribution in [0.4, 0.5) is 11.5 Å². The number of aryl methyl sites for hydroxylation is 1. The van der Waals surface area contributed by atoms with Crippen LogP contribution in [0.1, 0.15) is 12.1 Å². The molecule has 10 nitrogen and oxygen atoms in total. The van der Waals surface area contributed by atoms with E-state index in [9.17, 15) is 18.0 Å². The Labute approximate surface area is 253 Å². The predicted octanol–water partition coefficient (Wildman–Crippen LogP) is 5.18. The van der Waals surface area contributed by atoms with Crippen molar-refractivity contribution < 1.29 is 17.9 Å². The number of hydrogen-bond donors (Lipinski definition) is 3. The summed E-state index contributed by atoms with van der Waals surface area (Å²) in [6.07, 6.45) is -0.142. The minimum Gasteiger partial charge on any atom is -0.497 e. The minimum atomic E-state index is -3.98. The Morgan fingerprint density at radius 3 is 2.53 bits per heavy atom. The van der Waals surface area contributed by atoms with Crippen molar-refractivity contribution >= 4 is 60.8 Å². The lowest BCUT2D eigenvalue weighted by molar-refractivity contribution is -0.116. The highest BCUT2D eigenvalue weighted by Gasteiger charge is 2.25. The van der Waals surface area contributed by atoms with Gasteiger partial charge in [-0.3, -0.25) is 14.6 Å². The molecule has 222 valence electrons. The molecule has 0 saturated heterocycles. The van der Waals surface area contributed by atoms with Crippen molar-refractivity contribution in [1.29, 1.82) is 0 Å². The van der Waals surface area contributed by atoms with Gasteiger partial charge in [0.15, 0.2) is 5.43 Å². The lowest BCUT2D eigenvalue weighted by Crippen LogP contribution is -2.37. The second-order valence-corrected chi connectivity index (χ2v) is 12.2. The van der Waals surface area contributed by atoms with Crippen LogP contribution in [0.15, 0.2) is 88.6 Å². The number of pyridine rings is 2. The van der Waals surface area contributed by atoms with E-state index < -0.39 is 15.9 Å². The lowest BCUT2D eigenvalue weighted by Gasteiger charge is -2.23. The fourth-order valence-corrected chi connectivity index (χ4v) is 6.36. The zero-order chi connectivity index (χ0) is 30.6. The minimum absolute atomic E-state index is 0.0673. The smallest absolute Gasteiger partial charge is 0.243 e. The van der Waals surface area contributed by atoms with Gasteiger partial charge in [-0.05, 0) is 67.6 Å². The molecule has 43 heavy (non-hydrogen) atoms. The molecule has 12 heteroatoms. The molecule has 0 fully saturated rings. The summed E-state index contributed by atoms with van der Waals surface area (Å²) in [6.45, 7) is 2.10. The third-order valence-corrected chi connectivity index (χ3v) is 9.02. The zero-order valence-corrected chi connectivity index (χ0v) is 25.1. The van der Waals surface area contributed by atoms with Crippen molar-refractivity contribution in [3.05, 3.63) is 99.8 Å². The molecule has 5 aromatic rings. The Bertz CT molecular complexity index is 1960. The van der Waals surface area contributed by atoms with E-state index >= 15 is 0 Å². The second kappa shape index (κ2) is 12.8. The number of para-hydroxylation sites is 1. The first-order valence-electron chi connectivity index (χ1n) is 13.5. The average Bonchev–Trinajstić information content (AvgIpc) is 2.99. The molecule has 0 saturated carbocycles. The van der Waals surface area contributed by atoms with Crippen molar-refractivity contribution in [3.8, 4) is 5.75 Å². The third-order valence-electron chi connectivity index (χ3n) is 6.87. The average molecular weight is 620 g/mol. The van der Waals surface area contributed by atoms with Crippen LogP contribution in [0, 0.1) is 6.92 Å². The second-order valence-electron chi connectivity index (χ2n) is 9.87. The summed E-state index contributed by atoms with van der Waals surface area (Å²) in [7, 11) is -2.47. The first kappa shape index (κ1) is 30.0. The quantitative estimate of drug-likeness (QED) is 0.186. The monoisotopic (exact) mass is 619 g/mol. The molecule has 0 aliphatic rings.